The summed E-state index contributed by atoms with van der Waals surface area (Å²) < 4.78 is 0. The quantitative estimate of drug-likeness (QED) is 0.597. The SMILES string of the molecule is CC(C(=O)Nc1ccc(N)c(S)c1)c1cc(C#N)cc(C#N)c1. The lowest BCUT2D eigenvalue weighted by molar-refractivity contribution is -0.117. The zero-order chi connectivity index (χ0) is 17.0. The molecule has 0 bridgehead atoms. The number of rotatable bonds is 3. The molecule has 0 radical (unpaired) electrons. The Hall–Kier alpha value is -2.96. The number of hydrogen-bond donors (Lipinski definition) is 3. The Labute approximate surface area is 139 Å². The van der Waals surface area contributed by atoms with E-state index in [-0.39, 0.29) is 5.91 Å². The number of thiol groups is 1. The van der Waals surface area contributed by atoms with Crippen LogP contribution < -0.4 is 11.1 Å². The Morgan fingerprint density at radius 1 is 1.17 bits per heavy atom. The molecule has 0 spiro atoms. The van der Waals surface area contributed by atoms with Crippen LogP contribution in [-0.2, 0) is 4.79 Å². The van der Waals surface area contributed by atoms with E-state index in [9.17, 15) is 4.79 Å². The second-order valence-electron chi connectivity index (χ2n) is 5.05. The van der Waals surface area contributed by atoms with E-state index in [4.69, 9.17) is 16.3 Å². The van der Waals surface area contributed by atoms with Gasteiger partial charge in [-0.05, 0) is 48.9 Å². The first-order chi connectivity index (χ1) is 10.9. The molecule has 1 atom stereocenters. The molecule has 2 aromatic rings. The average Bonchev–Trinajstić information content (AvgIpc) is 2.56. The normalized spacial score (nSPS) is 11.1. The van der Waals surface area contributed by atoms with Gasteiger partial charge in [-0.3, -0.25) is 4.79 Å². The van der Waals surface area contributed by atoms with Crippen molar-refractivity contribution in [2.45, 2.75) is 17.7 Å². The van der Waals surface area contributed by atoms with Crippen molar-refractivity contribution < 1.29 is 4.79 Å². The van der Waals surface area contributed by atoms with Gasteiger partial charge in [-0.15, -0.1) is 12.6 Å². The van der Waals surface area contributed by atoms with Crippen molar-refractivity contribution in [1.82, 2.24) is 0 Å². The van der Waals surface area contributed by atoms with Gasteiger partial charge in [0, 0.05) is 16.3 Å². The number of anilines is 2. The molecule has 0 saturated heterocycles. The Morgan fingerprint density at radius 2 is 1.78 bits per heavy atom. The van der Waals surface area contributed by atoms with Crippen LogP contribution in [0, 0.1) is 22.7 Å². The number of carbonyl (C=O) groups excluding carboxylic acids is 1. The van der Waals surface area contributed by atoms with Gasteiger partial charge in [0.2, 0.25) is 5.91 Å². The number of nitrogen functional groups attached to an aromatic ring is 1. The second kappa shape index (κ2) is 6.87. The molecule has 2 rings (SSSR count). The lowest BCUT2D eigenvalue weighted by Crippen LogP contribution is -2.19. The first-order valence-electron chi connectivity index (χ1n) is 6.79. The van der Waals surface area contributed by atoms with Crippen LogP contribution in [-0.4, -0.2) is 5.91 Å². The van der Waals surface area contributed by atoms with Crippen LogP contribution in [0.3, 0.4) is 0 Å². The summed E-state index contributed by atoms with van der Waals surface area (Å²) in [5.74, 6) is -0.766. The van der Waals surface area contributed by atoms with E-state index < -0.39 is 5.92 Å². The summed E-state index contributed by atoms with van der Waals surface area (Å²) in [5.41, 5.74) is 8.11. The molecule has 5 nitrogen and oxygen atoms in total. The fourth-order valence-electron chi connectivity index (χ4n) is 2.05. The third kappa shape index (κ3) is 3.82. The van der Waals surface area contributed by atoms with Crippen molar-refractivity contribution in [2.75, 3.05) is 11.1 Å². The molecule has 1 amide bonds. The van der Waals surface area contributed by atoms with Gasteiger partial charge >= 0.3 is 0 Å². The van der Waals surface area contributed by atoms with E-state index in [0.717, 1.165) is 0 Å². The average molecular weight is 322 g/mol. The number of carbonyl (C=O) groups is 1. The third-order valence-electron chi connectivity index (χ3n) is 3.40. The summed E-state index contributed by atoms with van der Waals surface area (Å²) in [6.07, 6.45) is 0. The molecule has 0 saturated carbocycles. The van der Waals surface area contributed by atoms with Crippen LogP contribution in [0.1, 0.15) is 29.5 Å². The summed E-state index contributed by atoms with van der Waals surface area (Å²) >= 11 is 4.22. The lowest BCUT2D eigenvalue weighted by atomic mass is 9.96. The molecule has 6 heteroatoms. The number of nitriles is 2. The van der Waals surface area contributed by atoms with Crippen molar-refractivity contribution in [3.63, 3.8) is 0 Å². The first-order valence-corrected chi connectivity index (χ1v) is 7.24. The number of nitrogens with one attached hydrogen (secondary N) is 1. The van der Waals surface area contributed by atoms with Gasteiger partial charge in [-0.25, -0.2) is 0 Å². The molecule has 0 aliphatic heterocycles. The second-order valence-corrected chi connectivity index (χ2v) is 5.53. The van der Waals surface area contributed by atoms with E-state index in [0.29, 0.717) is 33.0 Å². The molecule has 23 heavy (non-hydrogen) atoms. The highest BCUT2D eigenvalue weighted by Crippen LogP contribution is 2.24. The van der Waals surface area contributed by atoms with E-state index >= 15 is 0 Å². The molecule has 1 unspecified atom stereocenters. The van der Waals surface area contributed by atoms with E-state index in [1.54, 1.807) is 37.3 Å². The van der Waals surface area contributed by atoms with Crippen LogP contribution in [0.5, 0.6) is 0 Å². The predicted octanol–water partition coefficient (Wildman–Crippen LogP) is 3.04. The van der Waals surface area contributed by atoms with Crippen LogP contribution >= 0.6 is 12.6 Å². The summed E-state index contributed by atoms with van der Waals surface area (Å²) in [6, 6.07) is 13.7. The molecule has 3 N–H and O–H groups in total. The highest BCUT2D eigenvalue weighted by Gasteiger charge is 2.17. The number of hydrogen-bond acceptors (Lipinski definition) is 5. The molecule has 0 aliphatic rings. The number of nitrogens with zero attached hydrogens (tertiary/aromatic N) is 2. The standard InChI is InChI=1S/C17H14N4OS/c1-10(13-5-11(8-18)4-12(6-13)9-19)17(22)21-14-2-3-15(20)16(23)7-14/h2-7,10,23H,20H2,1H3,(H,21,22). The minimum Gasteiger partial charge on any atom is -0.398 e. The highest BCUT2D eigenvalue weighted by molar-refractivity contribution is 7.80. The Morgan fingerprint density at radius 3 is 2.30 bits per heavy atom. The lowest BCUT2D eigenvalue weighted by Gasteiger charge is -2.14. The van der Waals surface area contributed by atoms with Crippen molar-refractivity contribution in [2.24, 2.45) is 0 Å². The highest BCUT2D eigenvalue weighted by atomic mass is 32.1. The minimum atomic E-state index is -0.517. The van der Waals surface area contributed by atoms with Crippen LogP contribution in [0.2, 0.25) is 0 Å². The largest absolute Gasteiger partial charge is 0.398 e. The van der Waals surface area contributed by atoms with Crippen molar-refractivity contribution >= 4 is 29.9 Å². The van der Waals surface area contributed by atoms with Gasteiger partial charge in [0.25, 0.3) is 0 Å². The van der Waals surface area contributed by atoms with Gasteiger partial charge in [0.1, 0.15) is 0 Å². The minimum absolute atomic E-state index is 0.249. The fraction of sp³-hybridized carbons (Fsp3) is 0.118. The Balaban J connectivity index is 2.24. The van der Waals surface area contributed by atoms with Gasteiger partial charge in [-0.1, -0.05) is 0 Å². The maximum absolute atomic E-state index is 12.4. The molecule has 0 heterocycles. The number of benzene rings is 2. The van der Waals surface area contributed by atoms with E-state index in [1.165, 1.54) is 6.07 Å². The zero-order valence-electron chi connectivity index (χ0n) is 12.4. The molecular weight excluding hydrogens is 308 g/mol. The molecule has 0 aliphatic carbocycles. The van der Waals surface area contributed by atoms with E-state index in [1.807, 2.05) is 12.1 Å². The number of amides is 1. The molecule has 2 aromatic carbocycles. The third-order valence-corrected chi connectivity index (χ3v) is 3.79. The van der Waals surface area contributed by atoms with Gasteiger partial charge in [0.15, 0.2) is 0 Å². The summed E-state index contributed by atoms with van der Waals surface area (Å²) in [7, 11) is 0. The van der Waals surface area contributed by atoms with E-state index in [2.05, 4.69) is 17.9 Å². The zero-order valence-corrected chi connectivity index (χ0v) is 13.3. The van der Waals surface area contributed by atoms with Crippen molar-refractivity contribution in [3.8, 4) is 12.1 Å². The Bertz CT molecular complexity index is 816. The molecule has 114 valence electrons. The van der Waals surface area contributed by atoms with Gasteiger partial charge < -0.3 is 11.1 Å². The summed E-state index contributed by atoms with van der Waals surface area (Å²) in [4.78, 5) is 13.0. The van der Waals surface area contributed by atoms with Gasteiger partial charge in [-0.2, -0.15) is 10.5 Å². The van der Waals surface area contributed by atoms with Crippen LogP contribution in [0.15, 0.2) is 41.3 Å². The molecule has 0 fully saturated rings. The fourth-order valence-corrected chi connectivity index (χ4v) is 2.27. The van der Waals surface area contributed by atoms with Crippen LogP contribution in [0.4, 0.5) is 11.4 Å². The predicted molar refractivity (Wildman–Crippen MR) is 91.0 cm³/mol. The maximum atomic E-state index is 12.4. The summed E-state index contributed by atoms with van der Waals surface area (Å²) in [5, 5.41) is 20.8. The molecular formula is C17H14N4OS. The topological polar surface area (TPSA) is 103 Å². The van der Waals surface area contributed by atoms with Crippen molar-refractivity contribution in [3.05, 3.63) is 53.1 Å². The van der Waals surface area contributed by atoms with Gasteiger partial charge in [0.05, 0.1) is 29.2 Å². The first kappa shape index (κ1) is 16.4. The summed E-state index contributed by atoms with van der Waals surface area (Å²) in [6.45, 7) is 1.71. The monoisotopic (exact) mass is 322 g/mol. The van der Waals surface area contributed by atoms with Crippen LogP contribution in [0.25, 0.3) is 0 Å². The van der Waals surface area contributed by atoms with Crippen molar-refractivity contribution in [1.29, 1.82) is 10.5 Å². The Kier molecular flexibility index (Phi) is 4.90. The molecule has 0 aromatic heterocycles. The maximum Gasteiger partial charge on any atom is 0.231 e. The smallest absolute Gasteiger partial charge is 0.231 e. The number of nitrogens with two attached hydrogens (primary N) is 1.